The zero-order valence-electron chi connectivity index (χ0n) is 10.4. The molecule has 1 N–H and O–H groups in total. The van der Waals surface area contributed by atoms with Crippen molar-refractivity contribution < 1.29 is 4.79 Å². The summed E-state index contributed by atoms with van der Waals surface area (Å²) in [6, 6.07) is 4.63. The highest BCUT2D eigenvalue weighted by Gasteiger charge is 2.08. The first-order valence-corrected chi connectivity index (χ1v) is 6.29. The first kappa shape index (κ1) is 13.2. The molecule has 1 aromatic heterocycles. The minimum absolute atomic E-state index is 0.120. The Kier molecular flexibility index (Phi) is 4.96. The van der Waals surface area contributed by atoms with Crippen LogP contribution in [0.5, 0.6) is 0 Å². The van der Waals surface area contributed by atoms with Crippen LogP contribution in [0.1, 0.15) is 16.7 Å². The largest absolute Gasteiger partial charge is 0.348 e. The Balaban J connectivity index is 2.31. The number of carbonyl (C=O) groups excluding carboxylic acids is 1. The topological polar surface area (TPSA) is 32.3 Å². The smallest absolute Gasteiger partial charge is 0.236 e. The fourth-order valence-corrected chi connectivity index (χ4v) is 2.41. The summed E-state index contributed by atoms with van der Waals surface area (Å²) in [7, 11) is 3.55. The average molecular weight is 240 g/mol. The summed E-state index contributed by atoms with van der Waals surface area (Å²) >= 11 is 1.82. The number of hydrogen-bond acceptors (Lipinski definition) is 3. The van der Waals surface area contributed by atoms with Gasteiger partial charge < -0.3 is 10.2 Å². The van der Waals surface area contributed by atoms with Gasteiger partial charge in [0.15, 0.2) is 0 Å². The number of rotatable bonds is 5. The van der Waals surface area contributed by atoms with Gasteiger partial charge in [-0.15, -0.1) is 11.3 Å². The van der Waals surface area contributed by atoms with Crippen molar-refractivity contribution in [3.8, 4) is 0 Å². The van der Waals surface area contributed by atoms with Crippen LogP contribution in [0, 0.1) is 6.92 Å². The SMILES string of the molecule is Cc1ccc(CC(C)NCC(=O)N(C)C)s1. The van der Waals surface area contributed by atoms with Crippen molar-refractivity contribution in [1.82, 2.24) is 10.2 Å². The fourth-order valence-electron chi connectivity index (χ4n) is 1.39. The third-order valence-corrected chi connectivity index (χ3v) is 3.43. The van der Waals surface area contributed by atoms with Gasteiger partial charge >= 0.3 is 0 Å². The Morgan fingerprint density at radius 2 is 2.19 bits per heavy atom. The summed E-state index contributed by atoms with van der Waals surface area (Å²) in [6.45, 7) is 4.64. The van der Waals surface area contributed by atoms with E-state index in [0.29, 0.717) is 12.6 Å². The standard InChI is InChI=1S/C12H20N2OS/c1-9(13-8-12(15)14(3)4)7-11-6-5-10(2)16-11/h5-6,9,13H,7-8H2,1-4H3. The summed E-state index contributed by atoms with van der Waals surface area (Å²) in [5, 5.41) is 3.24. The van der Waals surface area contributed by atoms with E-state index in [0.717, 1.165) is 6.42 Å². The zero-order valence-corrected chi connectivity index (χ0v) is 11.2. The minimum Gasteiger partial charge on any atom is -0.348 e. The van der Waals surface area contributed by atoms with E-state index >= 15 is 0 Å². The van der Waals surface area contributed by atoms with Crippen molar-refractivity contribution in [2.24, 2.45) is 0 Å². The Bertz CT molecular complexity index is 347. The molecule has 0 aliphatic rings. The van der Waals surface area contributed by atoms with E-state index in [2.05, 4.69) is 31.3 Å². The summed E-state index contributed by atoms with van der Waals surface area (Å²) in [4.78, 5) is 15.7. The van der Waals surface area contributed by atoms with Gasteiger partial charge in [-0.25, -0.2) is 0 Å². The maximum atomic E-state index is 11.4. The number of nitrogens with one attached hydrogen (secondary N) is 1. The van der Waals surface area contributed by atoms with E-state index in [1.165, 1.54) is 9.75 Å². The van der Waals surface area contributed by atoms with Crippen molar-refractivity contribution in [2.45, 2.75) is 26.3 Å². The monoisotopic (exact) mass is 240 g/mol. The molecule has 1 heterocycles. The van der Waals surface area contributed by atoms with Gasteiger partial charge in [0.05, 0.1) is 6.54 Å². The summed E-state index contributed by atoms with van der Waals surface area (Å²) in [5.41, 5.74) is 0. The second-order valence-corrected chi connectivity index (χ2v) is 5.66. The van der Waals surface area contributed by atoms with Gasteiger partial charge in [-0.2, -0.15) is 0 Å². The molecule has 1 rings (SSSR count). The summed E-state index contributed by atoms with van der Waals surface area (Å²) in [6.07, 6.45) is 0.985. The van der Waals surface area contributed by atoms with Crippen LogP contribution >= 0.6 is 11.3 Å². The number of aryl methyl sites for hydroxylation is 1. The van der Waals surface area contributed by atoms with Gasteiger partial charge in [0, 0.05) is 29.9 Å². The Morgan fingerprint density at radius 3 is 2.69 bits per heavy atom. The Hall–Kier alpha value is -0.870. The lowest BCUT2D eigenvalue weighted by molar-refractivity contribution is -0.127. The highest BCUT2D eigenvalue weighted by Crippen LogP contribution is 2.16. The van der Waals surface area contributed by atoms with Crippen molar-refractivity contribution in [3.63, 3.8) is 0 Å². The van der Waals surface area contributed by atoms with Gasteiger partial charge in [-0.3, -0.25) is 4.79 Å². The summed E-state index contributed by atoms with van der Waals surface area (Å²) in [5.74, 6) is 0.120. The number of hydrogen-bond donors (Lipinski definition) is 1. The Labute approximate surface area is 101 Å². The van der Waals surface area contributed by atoms with Gasteiger partial charge in [0.2, 0.25) is 5.91 Å². The van der Waals surface area contributed by atoms with E-state index in [-0.39, 0.29) is 5.91 Å². The molecule has 3 nitrogen and oxygen atoms in total. The second-order valence-electron chi connectivity index (χ2n) is 4.29. The average Bonchev–Trinajstić information content (AvgIpc) is 2.60. The van der Waals surface area contributed by atoms with E-state index in [1.807, 2.05) is 11.3 Å². The molecular formula is C12H20N2OS. The molecule has 1 atom stereocenters. The molecule has 0 bridgehead atoms. The maximum Gasteiger partial charge on any atom is 0.236 e. The van der Waals surface area contributed by atoms with Gasteiger partial charge in [-0.1, -0.05) is 0 Å². The predicted octanol–water partition coefficient (Wildman–Crippen LogP) is 1.67. The number of nitrogens with zero attached hydrogens (tertiary/aromatic N) is 1. The van der Waals surface area contributed by atoms with Gasteiger partial charge in [0.25, 0.3) is 0 Å². The lowest BCUT2D eigenvalue weighted by Crippen LogP contribution is -2.38. The minimum atomic E-state index is 0.120. The molecule has 0 spiro atoms. The number of thiophene rings is 1. The Morgan fingerprint density at radius 1 is 1.50 bits per heavy atom. The van der Waals surface area contributed by atoms with Gasteiger partial charge in [0.1, 0.15) is 0 Å². The third kappa shape index (κ3) is 4.33. The maximum absolute atomic E-state index is 11.4. The molecule has 4 heteroatoms. The lowest BCUT2D eigenvalue weighted by atomic mass is 10.2. The number of carbonyl (C=O) groups is 1. The molecule has 90 valence electrons. The number of amides is 1. The van der Waals surface area contributed by atoms with E-state index in [4.69, 9.17) is 0 Å². The zero-order chi connectivity index (χ0) is 12.1. The molecule has 0 radical (unpaired) electrons. The van der Waals surface area contributed by atoms with Crippen molar-refractivity contribution >= 4 is 17.2 Å². The molecule has 1 unspecified atom stereocenters. The lowest BCUT2D eigenvalue weighted by Gasteiger charge is -2.15. The van der Waals surface area contributed by atoms with E-state index < -0.39 is 0 Å². The fraction of sp³-hybridized carbons (Fsp3) is 0.583. The molecule has 16 heavy (non-hydrogen) atoms. The molecule has 0 aliphatic carbocycles. The van der Waals surface area contributed by atoms with E-state index in [9.17, 15) is 4.79 Å². The molecule has 0 aromatic carbocycles. The number of likely N-dealkylation sites (N-methyl/N-ethyl adjacent to an activating group) is 1. The normalized spacial score (nSPS) is 12.5. The van der Waals surface area contributed by atoms with Crippen LogP contribution < -0.4 is 5.32 Å². The highest BCUT2D eigenvalue weighted by atomic mass is 32.1. The van der Waals surface area contributed by atoms with Crippen LogP contribution in [-0.4, -0.2) is 37.5 Å². The second kappa shape index (κ2) is 6.01. The molecule has 1 amide bonds. The van der Waals surface area contributed by atoms with Gasteiger partial charge in [-0.05, 0) is 32.4 Å². The molecule has 0 saturated carbocycles. The molecule has 0 aliphatic heterocycles. The van der Waals surface area contributed by atoms with Crippen LogP contribution in [0.3, 0.4) is 0 Å². The van der Waals surface area contributed by atoms with Crippen LogP contribution in [0.2, 0.25) is 0 Å². The van der Waals surface area contributed by atoms with Crippen LogP contribution in [0.4, 0.5) is 0 Å². The van der Waals surface area contributed by atoms with E-state index in [1.54, 1.807) is 19.0 Å². The quantitative estimate of drug-likeness (QED) is 0.849. The highest BCUT2D eigenvalue weighted by molar-refractivity contribution is 7.11. The summed E-state index contributed by atoms with van der Waals surface area (Å²) < 4.78 is 0. The molecule has 0 fully saturated rings. The molecular weight excluding hydrogens is 220 g/mol. The molecule has 1 aromatic rings. The van der Waals surface area contributed by atoms with Crippen LogP contribution in [-0.2, 0) is 11.2 Å². The molecule has 0 saturated heterocycles. The van der Waals surface area contributed by atoms with Crippen LogP contribution in [0.25, 0.3) is 0 Å². The van der Waals surface area contributed by atoms with Crippen LogP contribution in [0.15, 0.2) is 12.1 Å². The first-order chi connectivity index (χ1) is 7.49. The van der Waals surface area contributed by atoms with Crippen molar-refractivity contribution in [2.75, 3.05) is 20.6 Å². The third-order valence-electron chi connectivity index (χ3n) is 2.40. The van der Waals surface area contributed by atoms with Crippen molar-refractivity contribution in [1.29, 1.82) is 0 Å². The first-order valence-electron chi connectivity index (χ1n) is 5.48. The predicted molar refractivity (Wildman–Crippen MR) is 68.9 cm³/mol. The van der Waals surface area contributed by atoms with Crippen molar-refractivity contribution in [3.05, 3.63) is 21.9 Å².